The molecule has 0 bridgehead atoms. The maximum absolute atomic E-state index is 10.8. The second-order valence-corrected chi connectivity index (χ2v) is 5.38. The van der Waals surface area contributed by atoms with Crippen LogP contribution >= 0.6 is 0 Å². The lowest BCUT2D eigenvalue weighted by Gasteiger charge is -2.03. The first-order chi connectivity index (χ1) is 12.5. The van der Waals surface area contributed by atoms with Gasteiger partial charge in [-0.05, 0) is 11.6 Å². The molecule has 0 amide bonds. The second kappa shape index (κ2) is 7.38. The molecular weight excluding hydrogens is 342 g/mol. The first-order valence-corrected chi connectivity index (χ1v) is 7.51. The molecule has 0 aliphatic rings. The molecule has 0 atom stereocenters. The van der Waals surface area contributed by atoms with E-state index in [2.05, 4.69) is 10.3 Å². The third kappa shape index (κ3) is 4.17. The van der Waals surface area contributed by atoms with E-state index in [1.807, 2.05) is 0 Å². The highest BCUT2D eigenvalue weighted by molar-refractivity contribution is 5.38. The van der Waals surface area contributed by atoms with Gasteiger partial charge in [0.05, 0.1) is 28.7 Å². The predicted molar refractivity (Wildman–Crippen MR) is 89.6 cm³/mol. The summed E-state index contributed by atoms with van der Waals surface area (Å²) in [7, 11) is 0. The predicted octanol–water partition coefficient (Wildman–Crippen LogP) is 2.72. The van der Waals surface area contributed by atoms with E-state index in [-0.39, 0.29) is 18.0 Å². The van der Waals surface area contributed by atoms with Crippen LogP contribution in [0.3, 0.4) is 0 Å². The molecule has 0 fully saturated rings. The molecule has 2 aromatic carbocycles. The molecule has 3 rings (SSSR count). The van der Waals surface area contributed by atoms with Gasteiger partial charge in [0.1, 0.15) is 18.1 Å². The lowest BCUT2D eigenvalue weighted by Crippen LogP contribution is -2.01. The Bertz CT molecular complexity index is 955. The van der Waals surface area contributed by atoms with E-state index < -0.39 is 9.85 Å². The van der Waals surface area contributed by atoms with Gasteiger partial charge in [0, 0.05) is 18.2 Å². The fourth-order valence-corrected chi connectivity index (χ4v) is 2.28. The van der Waals surface area contributed by atoms with Gasteiger partial charge in [-0.2, -0.15) is 0 Å². The highest BCUT2D eigenvalue weighted by atomic mass is 16.6. The van der Waals surface area contributed by atoms with Crippen molar-refractivity contribution in [3.63, 3.8) is 0 Å². The molecule has 0 spiro atoms. The normalized spacial score (nSPS) is 10.5. The molecule has 1 aromatic heterocycles. The minimum absolute atomic E-state index is 0.0110. The number of hydrogen-bond donors (Lipinski definition) is 0. The Morgan fingerprint density at radius 1 is 1.00 bits per heavy atom. The minimum atomic E-state index is -0.498. The van der Waals surface area contributed by atoms with Crippen molar-refractivity contribution in [2.24, 2.45) is 0 Å². The van der Waals surface area contributed by atoms with Crippen LogP contribution < -0.4 is 4.74 Å². The number of nitrogens with zero attached hydrogens (tertiary/aromatic N) is 5. The number of rotatable bonds is 7. The number of aromatic nitrogens is 3. The largest absolute Gasteiger partial charge is 0.487 e. The van der Waals surface area contributed by atoms with Gasteiger partial charge in [-0.3, -0.25) is 20.2 Å². The molecule has 26 heavy (non-hydrogen) atoms. The van der Waals surface area contributed by atoms with Crippen molar-refractivity contribution < 1.29 is 14.6 Å². The monoisotopic (exact) mass is 355 g/mol. The van der Waals surface area contributed by atoms with Crippen LogP contribution in [0.25, 0.3) is 0 Å². The SMILES string of the molecule is O=[N+]([O-])c1cccc(Cn2cc(COc3cccc([N+](=O)[O-])c3)nn2)c1. The Labute approximate surface area is 146 Å². The van der Waals surface area contributed by atoms with Gasteiger partial charge in [-0.25, -0.2) is 4.68 Å². The summed E-state index contributed by atoms with van der Waals surface area (Å²) >= 11 is 0. The molecule has 10 heteroatoms. The molecule has 0 unspecified atom stereocenters. The molecule has 3 aromatic rings. The first kappa shape index (κ1) is 17.0. The Kier molecular flexibility index (Phi) is 4.83. The summed E-state index contributed by atoms with van der Waals surface area (Å²) in [6.07, 6.45) is 1.65. The Morgan fingerprint density at radius 2 is 1.69 bits per heavy atom. The van der Waals surface area contributed by atoms with Crippen molar-refractivity contribution in [1.29, 1.82) is 0 Å². The van der Waals surface area contributed by atoms with Crippen LogP contribution in [0.2, 0.25) is 0 Å². The third-order valence-corrected chi connectivity index (χ3v) is 3.47. The van der Waals surface area contributed by atoms with Crippen molar-refractivity contribution >= 4 is 11.4 Å². The Hall–Kier alpha value is -3.82. The Morgan fingerprint density at radius 3 is 2.42 bits per heavy atom. The van der Waals surface area contributed by atoms with Crippen molar-refractivity contribution in [3.05, 3.63) is 86.2 Å². The van der Waals surface area contributed by atoms with E-state index in [4.69, 9.17) is 4.74 Å². The van der Waals surface area contributed by atoms with Gasteiger partial charge >= 0.3 is 0 Å². The van der Waals surface area contributed by atoms with Crippen molar-refractivity contribution in [1.82, 2.24) is 15.0 Å². The van der Waals surface area contributed by atoms with Crippen LogP contribution in [0.4, 0.5) is 11.4 Å². The summed E-state index contributed by atoms with van der Waals surface area (Å²) in [4.78, 5) is 20.6. The Balaban J connectivity index is 1.63. The van der Waals surface area contributed by atoms with E-state index in [9.17, 15) is 20.2 Å². The quantitative estimate of drug-likeness (QED) is 0.471. The minimum Gasteiger partial charge on any atom is -0.487 e. The molecule has 0 saturated heterocycles. The molecule has 0 aliphatic carbocycles. The van der Waals surface area contributed by atoms with Crippen molar-refractivity contribution in [2.45, 2.75) is 13.2 Å². The maximum Gasteiger partial charge on any atom is 0.273 e. The van der Waals surface area contributed by atoms with E-state index in [0.717, 1.165) is 5.56 Å². The second-order valence-electron chi connectivity index (χ2n) is 5.38. The number of ether oxygens (including phenoxy) is 1. The van der Waals surface area contributed by atoms with Crippen LogP contribution in [0.5, 0.6) is 5.75 Å². The lowest BCUT2D eigenvalue weighted by molar-refractivity contribution is -0.385. The van der Waals surface area contributed by atoms with Crippen LogP contribution in [-0.2, 0) is 13.2 Å². The van der Waals surface area contributed by atoms with E-state index in [0.29, 0.717) is 18.0 Å². The summed E-state index contributed by atoms with van der Waals surface area (Å²) in [6, 6.07) is 12.1. The van der Waals surface area contributed by atoms with Gasteiger partial charge in [-0.1, -0.05) is 23.4 Å². The van der Waals surface area contributed by atoms with E-state index in [1.165, 1.54) is 35.0 Å². The fourth-order valence-electron chi connectivity index (χ4n) is 2.28. The average Bonchev–Trinajstić information content (AvgIpc) is 3.08. The van der Waals surface area contributed by atoms with Crippen molar-refractivity contribution in [2.75, 3.05) is 0 Å². The highest BCUT2D eigenvalue weighted by Gasteiger charge is 2.09. The van der Waals surface area contributed by atoms with Gasteiger partial charge in [0.15, 0.2) is 0 Å². The fraction of sp³-hybridized carbons (Fsp3) is 0.125. The number of non-ortho nitro benzene ring substituents is 2. The summed E-state index contributed by atoms with van der Waals surface area (Å²) in [5.41, 5.74) is 1.20. The van der Waals surface area contributed by atoms with Gasteiger partial charge < -0.3 is 4.74 Å². The summed E-state index contributed by atoms with van der Waals surface area (Å²) in [5.74, 6) is 0.354. The molecule has 0 radical (unpaired) electrons. The van der Waals surface area contributed by atoms with Gasteiger partial charge in [-0.15, -0.1) is 5.10 Å². The molecule has 0 aliphatic heterocycles. The number of benzene rings is 2. The van der Waals surface area contributed by atoms with Crippen molar-refractivity contribution in [3.8, 4) is 5.75 Å². The standard InChI is InChI=1S/C16H13N5O5/c22-20(23)14-4-1-3-12(7-14)9-19-10-13(17-18-19)11-26-16-6-2-5-15(8-16)21(24)25/h1-8,10H,9,11H2. The average molecular weight is 355 g/mol. The van der Waals surface area contributed by atoms with Crippen LogP contribution in [0.15, 0.2) is 54.7 Å². The number of hydrogen-bond acceptors (Lipinski definition) is 7. The first-order valence-electron chi connectivity index (χ1n) is 7.51. The molecular formula is C16H13N5O5. The molecule has 0 saturated carbocycles. The summed E-state index contributed by atoms with van der Waals surface area (Å²) in [5, 5.41) is 29.5. The molecule has 132 valence electrons. The number of nitro groups is 2. The van der Waals surface area contributed by atoms with Crippen LogP contribution in [0, 0.1) is 20.2 Å². The van der Waals surface area contributed by atoms with Crippen LogP contribution in [0.1, 0.15) is 11.3 Å². The molecule has 1 heterocycles. The lowest BCUT2D eigenvalue weighted by atomic mass is 10.2. The zero-order valence-electron chi connectivity index (χ0n) is 13.4. The highest BCUT2D eigenvalue weighted by Crippen LogP contribution is 2.20. The third-order valence-electron chi connectivity index (χ3n) is 3.47. The topological polar surface area (TPSA) is 126 Å². The maximum atomic E-state index is 10.8. The van der Waals surface area contributed by atoms with E-state index in [1.54, 1.807) is 24.4 Å². The summed E-state index contributed by atoms with van der Waals surface area (Å²) in [6.45, 7) is 0.418. The smallest absolute Gasteiger partial charge is 0.273 e. The molecule has 10 nitrogen and oxygen atoms in total. The zero-order chi connectivity index (χ0) is 18.5. The van der Waals surface area contributed by atoms with E-state index >= 15 is 0 Å². The van der Waals surface area contributed by atoms with Gasteiger partial charge in [0.2, 0.25) is 0 Å². The summed E-state index contributed by atoms with van der Waals surface area (Å²) < 4.78 is 7.02. The zero-order valence-corrected chi connectivity index (χ0v) is 13.4. The number of nitro benzene ring substituents is 2. The van der Waals surface area contributed by atoms with Gasteiger partial charge in [0.25, 0.3) is 11.4 Å². The molecule has 0 N–H and O–H groups in total. The van der Waals surface area contributed by atoms with Crippen LogP contribution in [-0.4, -0.2) is 24.8 Å².